The highest BCUT2D eigenvalue weighted by Crippen LogP contribution is 2.29. The van der Waals surface area contributed by atoms with E-state index in [0.717, 1.165) is 10.8 Å². The Morgan fingerprint density at radius 1 is 0.778 bits per heavy atom. The van der Waals surface area contributed by atoms with Crippen molar-refractivity contribution in [3.8, 4) is 11.8 Å². The van der Waals surface area contributed by atoms with Gasteiger partial charge in [-0.1, -0.05) is 0 Å². The van der Waals surface area contributed by atoms with Gasteiger partial charge < -0.3 is 9.47 Å². The second-order valence-electron chi connectivity index (χ2n) is 3.88. The van der Waals surface area contributed by atoms with Crippen LogP contribution < -0.4 is 20.4 Å². The van der Waals surface area contributed by atoms with E-state index in [0.29, 0.717) is 22.5 Å². The maximum absolute atomic E-state index is 7.78. The van der Waals surface area contributed by atoms with Gasteiger partial charge in [-0.25, -0.2) is 0 Å². The van der Waals surface area contributed by atoms with E-state index in [1.807, 2.05) is 0 Å². The minimum atomic E-state index is 0.142. The molecule has 0 radical (unpaired) electrons. The molecule has 0 saturated carbocycles. The molecule has 0 saturated heterocycles. The topological polar surface area (TPSA) is 91.9 Å². The zero-order valence-corrected chi connectivity index (χ0v) is 9.87. The molecule has 0 aliphatic carbocycles. The van der Waals surface area contributed by atoms with Crippen molar-refractivity contribution in [3.05, 3.63) is 23.1 Å². The lowest BCUT2D eigenvalue weighted by Crippen LogP contribution is -2.00. The number of methoxy groups -OCH3 is 2. The van der Waals surface area contributed by atoms with Crippen LogP contribution >= 0.6 is 0 Å². The summed E-state index contributed by atoms with van der Waals surface area (Å²) < 4.78 is 10.3. The van der Waals surface area contributed by atoms with Crippen molar-refractivity contribution >= 4 is 21.5 Å². The molecule has 0 spiro atoms. The fourth-order valence-corrected chi connectivity index (χ4v) is 2.10. The molecule has 0 amide bonds. The van der Waals surface area contributed by atoms with Gasteiger partial charge in [-0.15, -0.1) is 0 Å². The summed E-state index contributed by atoms with van der Waals surface area (Å²) in [5.74, 6) is 0.818. The standard InChI is InChI=1S/C12H10N4O2/c1-17-11-7-4-8-6(3-5(7)9(13)15-11)10(14)16-12(8)18-2/h3-4,13-14H,1-2H3. The summed E-state index contributed by atoms with van der Waals surface area (Å²) in [6, 6.07) is 3.54. The average Bonchev–Trinajstić information content (AvgIpc) is 2.86. The number of benzene rings is 1. The lowest BCUT2D eigenvalue weighted by Gasteiger charge is -1.97. The van der Waals surface area contributed by atoms with Crippen LogP contribution in [0, 0.1) is 10.8 Å². The summed E-state index contributed by atoms with van der Waals surface area (Å²) in [7, 11) is 3.03. The molecule has 3 aromatic rings. The fraction of sp³-hybridized carbons (Fsp3) is 0.167. The molecule has 0 unspecified atom stereocenters. The lowest BCUT2D eigenvalue weighted by atomic mass is 10.1. The average molecular weight is 242 g/mol. The van der Waals surface area contributed by atoms with Crippen molar-refractivity contribution < 1.29 is 9.47 Å². The Morgan fingerprint density at radius 2 is 1.17 bits per heavy atom. The van der Waals surface area contributed by atoms with E-state index in [4.69, 9.17) is 20.3 Å². The number of hydrogen-bond acceptors (Lipinski definition) is 6. The molecule has 0 aliphatic heterocycles. The predicted octanol–water partition coefficient (Wildman–Crippen LogP) is 0.635. The normalized spacial score (nSPS) is 11.2. The summed E-state index contributed by atoms with van der Waals surface area (Å²) >= 11 is 0. The minimum absolute atomic E-state index is 0.142. The quantitative estimate of drug-likeness (QED) is 0.689. The van der Waals surface area contributed by atoms with E-state index in [1.54, 1.807) is 12.1 Å². The van der Waals surface area contributed by atoms with Crippen LogP contribution in [0.3, 0.4) is 0 Å². The van der Waals surface area contributed by atoms with E-state index in [9.17, 15) is 0 Å². The van der Waals surface area contributed by atoms with Crippen molar-refractivity contribution in [3.63, 3.8) is 0 Å². The number of nitrogens with one attached hydrogen (secondary N) is 2. The van der Waals surface area contributed by atoms with Gasteiger partial charge in [0, 0.05) is 21.5 Å². The van der Waals surface area contributed by atoms with E-state index in [-0.39, 0.29) is 11.0 Å². The van der Waals surface area contributed by atoms with Crippen LogP contribution in [0.1, 0.15) is 0 Å². The van der Waals surface area contributed by atoms with E-state index >= 15 is 0 Å². The van der Waals surface area contributed by atoms with Crippen molar-refractivity contribution in [2.45, 2.75) is 0 Å². The lowest BCUT2D eigenvalue weighted by molar-refractivity contribution is 0.403. The highest BCUT2D eigenvalue weighted by molar-refractivity contribution is 6.02. The summed E-state index contributed by atoms with van der Waals surface area (Å²) in [5, 5.41) is 18.3. The molecule has 0 atom stereocenters. The SMILES string of the molecule is COc1nc(=N)c2cc3c(=N)nc(OC)c3cc12. The first kappa shape index (κ1) is 10.6. The van der Waals surface area contributed by atoms with Crippen LogP contribution in [0.25, 0.3) is 21.5 Å². The molecular formula is C12H10N4O2. The molecule has 18 heavy (non-hydrogen) atoms. The largest absolute Gasteiger partial charge is 0.480 e. The van der Waals surface area contributed by atoms with Crippen LogP contribution in [0.2, 0.25) is 0 Å². The Balaban J connectivity index is 2.54. The number of ether oxygens (including phenoxy) is 2. The summed E-state index contributed by atoms with van der Waals surface area (Å²) in [5.41, 5.74) is 0.284. The maximum Gasteiger partial charge on any atom is 0.223 e. The first-order chi connectivity index (χ1) is 8.65. The first-order valence-electron chi connectivity index (χ1n) is 5.27. The van der Waals surface area contributed by atoms with E-state index < -0.39 is 0 Å². The van der Waals surface area contributed by atoms with Gasteiger partial charge in [0.1, 0.15) is 0 Å². The highest BCUT2D eigenvalue weighted by atomic mass is 16.5. The highest BCUT2D eigenvalue weighted by Gasteiger charge is 2.14. The van der Waals surface area contributed by atoms with E-state index in [1.165, 1.54) is 14.2 Å². The molecule has 3 rings (SSSR count). The van der Waals surface area contributed by atoms with Gasteiger partial charge in [0.25, 0.3) is 0 Å². The van der Waals surface area contributed by atoms with Gasteiger partial charge in [0.15, 0.2) is 11.0 Å². The van der Waals surface area contributed by atoms with E-state index in [2.05, 4.69) is 9.97 Å². The van der Waals surface area contributed by atoms with Crippen molar-refractivity contribution in [1.29, 1.82) is 10.8 Å². The molecule has 90 valence electrons. The Morgan fingerprint density at radius 3 is 1.56 bits per heavy atom. The zero-order chi connectivity index (χ0) is 12.9. The molecule has 2 N–H and O–H groups in total. The molecule has 6 nitrogen and oxygen atoms in total. The third-order valence-electron chi connectivity index (χ3n) is 2.94. The third-order valence-corrected chi connectivity index (χ3v) is 2.94. The zero-order valence-electron chi connectivity index (χ0n) is 9.87. The summed E-state index contributed by atoms with van der Waals surface area (Å²) in [4.78, 5) is 8.04. The van der Waals surface area contributed by atoms with Crippen LogP contribution in [0.5, 0.6) is 11.8 Å². The molecule has 2 aromatic heterocycles. The number of nitrogens with zero attached hydrogens (tertiary/aromatic N) is 2. The van der Waals surface area contributed by atoms with Crippen LogP contribution in [-0.2, 0) is 0 Å². The molecule has 1 aromatic carbocycles. The molecule has 0 fully saturated rings. The van der Waals surface area contributed by atoms with Gasteiger partial charge >= 0.3 is 0 Å². The Kier molecular flexibility index (Phi) is 2.07. The smallest absolute Gasteiger partial charge is 0.223 e. The molecule has 6 heteroatoms. The molecule has 0 aliphatic rings. The monoisotopic (exact) mass is 242 g/mol. The second kappa shape index (κ2) is 3.49. The van der Waals surface area contributed by atoms with Gasteiger partial charge in [0.2, 0.25) is 11.8 Å². The number of rotatable bonds is 2. The molecule has 0 bridgehead atoms. The van der Waals surface area contributed by atoms with Gasteiger partial charge in [-0.2, -0.15) is 9.97 Å². The van der Waals surface area contributed by atoms with Crippen molar-refractivity contribution in [2.75, 3.05) is 14.2 Å². The number of fused-ring (bicyclic) bond motifs is 2. The predicted molar refractivity (Wildman–Crippen MR) is 64.2 cm³/mol. The van der Waals surface area contributed by atoms with Crippen LogP contribution in [-0.4, -0.2) is 24.2 Å². The summed E-state index contributed by atoms with van der Waals surface area (Å²) in [6.07, 6.45) is 0. The number of aromatic nitrogens is 2. The van der Waals surface area contributed by atoms with Gasteiger partial charge in [0.05, 0.1) is 14.2 Å². The van der Waals surface area contributed by atoms with Crippen molar-refractivity contribution in [1.82, 2.24) is 9.97 Å². The Bertz CT molecular complexity index is 779. The first-order valence-corrected chi connectivity index (χ1v) is 5.27. The third kappa shape index (κ3) is 1.22. The van der Waals surface area contributed by atoms with Crippen LogP contribution in [0.4, 0.5) is 0 Å². The van der Waals surface area contributed by atoms with Gasteiger partial charge in [-0.3, -0.25) is 10.8 Å². The fourth-order valence-electron chi connectivity index (χ4n) is 2.10. The minimum Gasteiger partial charge on any atom is -0.480 e. The molecular weight excluding hydrogens is 232 g/mol. The maximum atomic E-state index is 7.78. The Labute approximate surface area is 102 Å². The molecule has 2 heterocycles. The van der Waals surface area contributed by atoms with Crippen molar-refractivity contribution in [2.24, 2.45) is 0 Å². The second-order valence-corrected chi connectivity index (χ2v) is 3.88. The Hall–Kier alpha value is -2.50. The summed E-state index contributed by atoms with van der Waals surface area (Å²) in [6.45, 7) is 0. The van der Waals surface area contributed by atoms with Crippen LogP contribution in [0.15, 0.2) is 12.1 Å². The number of hydrogen-bond donors (Lipinski definition) is 2. The van der Waals surface area contributed by atoms with Gasteiger partial charge in [-0.05, 0) is 12.1 Å².